The fourth-order valence-electron chi connectivity index (χ4n) is 4.84. The molecule has 0 radical (unpaired) electrons. The number of rotatable bonds is 8. The molecular formula is C32H32F3N7O2. The predicted molar refractivity (Wildman–Crippen MR) is 163 cm³/mol. The summed E-state index contributed by atoms with van der Waals surface area (Å²) in [6, 6.07) is 13.8. The van der Waals surface area contributed by atoms with E-state index in [1.54, 1.807) is 68.9 Å². The second-order valence-electron chi connectivity index (χ2n) is 10.4. The zero-order valence-electron chi connectivity index (χ0n) is 24.6. The van der Waals surface area contributed by atoms with E-state index in [9.17, 15) is 18.0 Å². The number of halogens is 3. The minimum Gasteiger partial charge on any atom is -0.437 e. The highest BCUT2D eigenvalue weighted by Crippen LogP contribution is 2.36. The summed E-state index contributed by atoms with van der Waals surface area (Å²) in [7, 11) is 1.99. The number of carbonyl (C=O) groups is 1. The number of pyridine rings is 1. The number of amides is 1. The molecule has 0 spiro atoms. The number of likely N-dealkylation sites (N-methyl/N-ethyl adjacent to an activating group) is 1. The molecule has 228 valence electrons. The second-order valence-corrected chi connectivity index (χ2v) is 10.4. The third kappa shape index (κ3) is 7.44. The number of carbonyl (C=O) groups excluding carboxylic acids is 1. The smallest absolute Gasteiger partial charge is 0.416 e. The van der Waals surface area contributed by atoms with Crippen LogP contribution >= 0.6 is 0 Å². The van der Waals surface area contributed by atoms with Crippen LogP contribution in [-0.4, -0.2) is 70.1 Å². The van der Waals surface area contributed by atoms with Crippen molar-refractivity contribution >= 4 is 23.5 Å². The number of alkyl halides is 3. The molecule has 12 heteroatoms. The Balaban J connectivity index is 1.36. The topological polar surface area (TPSA) is 95.8 Å². The van der Waals surface area contributed by atoms with E-state index < -0.39 is 17.6 Å². The van der Waals surface area contributed by atoms with Crippen LogP contribution in [0.3, 0.4) is 0 Å². The molecule has 3 heterocycles. The Morgan fingerprint density at radius 1 is 1.05 bits per heavy atom. The maximum atomic E-state index is 14.0. The number of benzene rings is 2. The van der Waals surface area contributed by atoms with Crippen molar-refractivity contribution in [3.05, 3.63) is 89.4 Å². The third-order valence-corrected chi connectivity index (χ3v) is 7.20. The minimum absolute atomic E-state index is 0.0984. The molecule has 1 aliphatic heterocycles. The molecule has 1 saturated heterocycles. The summed E-state index contributed by atoms with van der Waals surface area (Å²) < 4.78 is 48.3. The lowest BCUT2D eigenvalue weighted by Gasteiger charge is -2.33. The molecule has 0 atom stereocenters. The second kappa shape index (κ2) is 13.3. The van der Waals surface area contributed by atoms with E-state index >= 15 is 0 Å². The Morgan fingerprint density at radius 3 is 2.50 bits per heavy atom. The van der Waals surface area contributed by atoms with E-state index in [0.29, 0.717) is 41.7 Å². The van der Waals surface area contributed by atoms with Gasteiger partial charge in [0.2, 0.25) is 5.88 Å². The first kappa shape index (κ1) is 30.8. The Morgan fingerprint density at radius 2 is 1.80 bits per heavy atom. The van der Waals surface area contributed by atoms with Gasteiger partial charge in [0.05, 0.1) is 11.3 Å². The van der Waals surface area contributed by atoms with Gasteiger partial charge >= 0.3 is 6.18 Å². The van der Waals surface area contributed by atoms with Crippen LogP contribution in [0.1, 0.15) is 34.1 Å². The third-order valence-electron chi connectivity index (χ3n) is 7.20. The summed E-state index contributed by atoms with van der Waals surface area (Å²) in [6.45, 7) is 6.67. The van der Waals surface area contributed by atoms with Crippen LogP contribution in [0.2, 0.25) is 0 Å². The van der Waals surface area contributed by atoms with Gasteiger partial charge in [-0.2, -0.15) is 18.2 Å². The average Bonchev–Trinajstić information content (AvgIpc) is 3.00. The Bertz CT molecular complexity index is 1650. The number of ether oxygens (including phenoxy) is 1. The molecule has 1 fully saturated rings. The minimum atomic E-state index is -4.60. The van der Waals surface area contributed by atoms with Crippen molar-refractivity contribution in [3.63, 3.8) is 0 Å². The first-order chi connectivity index (χ1) is 21.1. The van der Waals surface area contributed by atoms with Crippen molar-refractivity contribution in [1.82, 2.24) is 24.8 Å². The molecule has 9 nitrogen and oxygen atoms in total. The summed E-state index contributed by atoms with van der Waals surface area (Å²) in [5.74, 6) is 0.299. The molecule has 0 aliphatic carbocycles. The Hall–Kier alpha value is -4.68. The van der Waals surface area contributed by atoms with Crippen molar-refractivity contribution in [2.24, 2.45) is 4.99 Å². The molecule has 4 aromatic rings. The number of nitrogens with one attached hydrogen (secondary N) is 1. The van der Waals surface area contributed by atoms with Crippen molar-refractivity contribution in [2.45, 2.75) is 26.6 Å². The van der Waals surface area contributed by atoms with E-state index in [4.69, 9.17) is 4.74 Å². The zero-order valence-corrected chi connectivity index (χ0v) is 24.6. The number of piperazine rings is 1. The van der Waals surface area contributed by atoms with E-state index in [-0.39, 0.29) is 23.6 Å². The highest BCUT2D eigenvalue weighted by atomic mass is 19.4. The molecule has 5 rings (SSSR count). The summed E-state index contributed by atoms with van der Waals surface area (Å²) in [5, 5.41) is 2.69. The van der Waals surface area contributed by atoms with Gasteiger partial charge in [-0.15, -0.1) is 0 Å². The van der Waals surface area contributed by atoms with Gasteiger partial charge in [-0.05, 0) is 62.9 Å². The molecule has 0 unspecified atom stereocenters. The molecular weight excluding hydrogens is 571 g/mol. The molecule has 1 amide bonds. The summed E-state index contributed by atoms with van der Waals surface area (Å²) >= 11 is 0. The fraction of sp³-hybridized carbons (Fsp3) is 0.281. The highest BCUT2D eigenvalue weighted by Gasteiger charge is 2.34. The van der Waals surface area contributed by atoms with E-state index in [1.807, 2.05) is 11.9 Å². The van der Waals surface area contributed by atoms with Gasteiger partial charge in [0.25, 0.3) is 5.91 Å². The summed E-state index contributed by atoms with van der Waals surface area (Å²) in [5.41, 5.74) is 1.35. The number of hydrogen-bond donors (Lipinski definition) is 1. The van der Waals surface area contributed by atoms with Gasteiger partial charge in [0, 0.05) is 74.2 Å². The standard InChI is InChI=1S/C32H32F3N7O2/c1-4-37-28-21(2)38-29(22-10-12-36-13-11-22)40-31(28)44-26-7-5-6-25(19-26)39-30(43)23-8-9-24(27(18-23)32(33,34)35)20-42-16-14-41(3)15-17-42/h4-13,18-19H,14-17,20H2,1-3H3,(H,39,43)/b37-4-. The van der Waals surface area contributed by atoms with E-state index in [0.717, 1.165) is 24.7 Å². The Kier molecular flexibility index (Phi) is 9.31. The monoisotopic (exact) mass is 603 g/mol. The first-order valence-corrected chi connectivity index (χ1v) is 14.1. The lowest BCUT2D eigenvalue weighted by Crippen LogP contribution is -2.44. The van der Waals surface area contributed by atoms with Crippen molar-refractivity contribution in [3.8, 4) is 23.0 Å². The van der Waals surface area contributed by atoms with Gasteiger partial charge in [0.1, 0.15) is 11.4 Å². The van der Waals surface area contributed by atoms with Crippen LogP contribution in [0.5, 0.6) is 11.6 Å². The van der Waals surface area contributed by atoms with E-state index in [1.165, 1.54) is 12.1 Å². The lowest BCUT2D eigenvalue weighted by atomic mass is 10.0. The average molecular weight is 604 g/mol. The molecule has 1 N–H and O–H groups in total. The van der Waals surface area contributed by atoms with Crippen LogP contribution in [0.15, 0.2) is 72.0 Å². The summed E-state index contributed by atoms with van der Waals surface area (Å²) in [4.78, 5) is 34.7. The molecule has 0 saturated carbocycles. The number of aromatic nitrogens is 3. The van der Waals surface area contributed by atoms with Gasteiger partial charge in [-0.25, -0.2) is 4.98 Å². The maximum Gasteiger partial charge on any atom is 0.416 e. The van der Waals surface area contributed by atoms with Crippen LogP contribution in [0, 0.1) is 6.92 Å². The normalized spacial score (nSPS) is 14.6. The number of aliphatic imine (C=N–C) groups is 1. The largest absolute Gasteiger partial charge is 0.437 e. The molecule has 2 aromatic carbocycles. The fourth-order valence-corrected chi connectivity index (χ4v) is 4.84. The van der Waals surface area contributed by atoms with Crippen LogP contribution in [0.4, 0.5) is 24.5 Å². The van der Waals surface area contributed by atoms with Crippen molar-refractivity contribution in [1.29, 1.82) is 0 Å². The highest BCUT2D eigenvalue weighted by molar-refractivity contribution is 6.04. The SMILES string of the molecule is C/C=N\c1c(C)nc(-c2ccncc2)nc1Oc1cccc(NC(=O)c2ccc(CN3CCN(C)CC3)c(C(F)(F)F)c2)c1. The quantitative estimate of drug-likeness (QED) is 0.234. The van der Waals surface area contributed by atoms with Crippen LogP contribution in [-0.2, 0) is 12.7 Å². The molecule has 2 aromatic heterocycles. The van der Waals surface area contributed by atoms with Gasteiger partial charge in [0.15, 0.2) is 5.82 Å². The van der Waals surface area contributed by atoms with Gasteiger partial charge in [-0.3, -0.25) is 19.7 Å². The zero-order chi connectivity index (χ0) is 31.3. The first-order valence-electron chi connectivity index (χ1n) is 14.1. The number of anilines is 1. The lowest BCUT2D eigenvalue weighted by molar-refractivity contribution is -0.138. The Labute approximate surface area is 253 Å². The number of aryl methyl sites for hydroxylation is 1. The number of hydrogen-bond acceptors (Lipinski definition) is 8. The number of nitrogens with zero attached hydrogens (tertiary/aromatic N) is 6. The maximum absolute atomic E-state index is 14.0. The van der Waals surface area contributed by atoms with E-state index in [2.05, 4.69) is 30.2 Å². The predicted octanol–water partition coefficient (Wildman–Crippen LogP) is 6.38. The molecule has 1 aliphatic rings. The molecule has 44 heavy (non-hydrogen) atoms. The molecule has 0 bridgehead atoms. The summed E-state index contributed by atoms with van der Waals surface area (Å²) in [6.07, 6.45) is 0.275. The van der Waals surface area contributed by atoms with Crippen molar-refractivity contribution in [2.75, 3.05) is 38.5 Å². The van der Waals surface area contributed by atoms with Gasteiger partial charge < -0.3 is 15.0 Å². The van der Waals surface area contributed by atoms with Gasteiger partial charge in [-0.1, -0.05) is 12.1 Å². The van der Waals surface area contributed by atoms with Crippen LogP contribution < -0.4 is 10.1 Å². The van der Waals surface area contributed by atoms with Crippen molar-refractivity contribution < 1.29 is 22.7 Å². The van der Waals surface area contributed by atoms with Crippen LogP contribution in [0.25, 0.3) is 11.4 Å².